The third kappa shape index (κ3) is 4.19. The van der Waals surface area contributed by atoms with E-state index in [-0.39, 0.29) is 29.0 Å². The summed E-state index contributed by atoms with van der Waals surface area (Å²) in [6.07, 6.45) is 0. The van der Waals surface area contributed by atoms with Crippen LogP contribution in [-0.2, 0) is 6.54 Å². The first-order chi connectivity index (χ1) is 14.3. The molecule has 0 unspecified atom stereocenters. The molecule has 8 heteroatoms. The number of aromatic hydroxyl groups is 1. The maximum atomic E-state index is 13.0. The molecule has 3 rings (SSSR count). The Labute approximate surface area is 176 Å². The van der Waals surface area contributed by atoms with Crippen LogP contribution >= 0.6 is 11.6 Å². The predicted octanol–water partition coefficient (Wildman–Crippen LogP) is 3.84. The fraction of sp³-hybridized carbons (Fsp3) is 0.136. The van der Waals surface area contributed by atoms with Gasteiger partial charge in [0.15, 0.2) is 6.61 Å². The Morgan fingerprint density at radius 2 is 1.90 bits per heavy atom. The molecule has 1 heterocycles. The predicted molar refractivity (Wildman–Crippen MR) is 109 cm³/mol. The summed E-state index contributed by atoms with van der Waals surface area (Å²) in [7, 11) is 0. The number of nitriles is 1. The van der Waals surface area contributed by atoms with E-state index in [1.54, 1.807) is 30.3 Å². The lowest BCUT2D eigenvalue weighted by molar-refractivity contribution is 0.0916. The van der Waals surface area contributed by atoms with Gasteiger partial charge in [0, 0.05) is 5.02 Å². The van der Waals surface area contributed by atoms with E-state index in [0.29, 0.717) is 10.6 Å². The van der Waals surface area contributed by atoms with Crippen LogP contribution in [-0.4, -0.2) is 22.1 Å². The summed E-state index contributed by atoms with van der Waals surface area (Å²) in [6.45, 7) is 0.804. The standard InChI is InChI=1S/C22H16ClFN2O4/c1-13-17(10-25)21(28)26(11-14-4-2-3-5-18(14)23)22(29)20(13)19(27)12-30-16-8-6-15(24)7-9-16/h2-9,29H,11-12H2,1H3. The van der Waals surface area contributed by atoms with Gasteiger partial charge in [-0.25, -0.2) is 4.39 Å². The number of ketones is 1. The highest BCUT2D eigenvalue weighted by Crippen LogP contribution is 2.25. The second-order valence-corrected chi connectivity index (χ2v) is 6.87. The molecule has 1 aromatic heterocycles. The van der Waals surface area contributed by atoms with E-state index >= 15 is 0 Å². The third-order valence-corrected chi connectivity index (χ3v) is 4.92. The number of aromatic nitrogens is 1. The van der Waals surface area contributed by atoms with Crippen molar-refractivity contribution >= 4 is 17.4 Å². The van der Waals surface area contributed by atoms with Gasteiger partial charge in [-0.2, -0.15) is 5.26 Å². The van der Waals surface area contributed by atoms with Gasteiger partial charge in [0.05, 0.1) is 12.1 Å². The fourth-order valence-electron chi connectivity index (χ4n) is 2.98. The molecule has 0 radical (unpaired) electrons. The zero-order valence-corrected chi connectivity index (χ0v) is 16.6. The molecular formula is C22H16ClFN2O4. The van der Waals surface area contributed by atoms with Crippen LogP contribution < -0.4 is 10.3 Å². The molecule has 30 heavy (non-hydrogen) atoms. The monoisotopic (exact) mass is 426 g/mol. The van der Waals surface area contributed by atoms with Crippen molar-refractivity contribution < 1.29 is 19.0 Å². The van der Waals surface area contributed by atoms with Crippen LogP contribution in [0.1, 0.15) is 27.0 Å². The number of carbonyl (C=O) groups excluding carboxylic acids is 1. The molecule has 0 aliphatic rings. The molecule has 152 valence electrons. The fourth-order valence-corrected chi connectivity index (χ4v) is 3.18. The molecule has 0 bridgehead atoms. The molecule has 1 N–H and O–H groups in total. The van der Waals surface area contributed by atoms with Crippen molar-refractivity contribution in [1.82, 2.24) is 4.57 Å². The van der Waals surface area contributed by atoms with Gasteiger partial charge >= 0.3 is 0 Å². The summed E-state index contributed by atoms with van der Waals surface area (Å²) < 4.78 is 19.3. The van der Waals surface area contributed by atoms with Crippen molar-refractivity contribution in [3.8, 4) is 17.7 Å². The molecule has 2 aromatic carbocycles. The highest BCUT2D eigenvalue weighted by atomic mass is 35.5. The maximum absolute atomic E-state index is 13.0. The number of pyridine rings is 1. The van der Waals surface area contributed by atoms with Gasteiger partial charge in [-0.1, -0.05) is 29.8 Å². The summed E-state index contributed by atoms with van der Waals surface area (Å²) >= 11 is 6.14. The number of nitrogens with zero attached hydrogens (tertiary/aromatic N) is 2. The quantitative estimate of drug-likeness (QED) is 0.604. The van der Waals surface area contributed by atoms with Crippen molar-refractivity contribution in [3.63, 3.8) is 0 Å². The molecule has 6 nitrogen and oxygen atoms in total. The van der Waals surface area contributed by atoms with Gasteiger partial charge in [-0.15, -0.1) is 0 Å². The van der Waals surface area contributed by atoms with Crippen molar-refractivity contribution in [2.24, 2.45) is 0 Å². The Kier molecular flexibility index (Phi) is 6.19. The van der Waals surface area contributed by atoms with Gasteiger partial charge < -0.3 is 9.84 Å². The Morgan fingerprint density at radius 3 is 2.53 bits per heavy atom. The number of hydrogen-bond acceptors (Lipinski definition) is 5. The summed E-state index contributed by atoms with van der Waals surface area (Å²) in [6, 6.07) is 13.6. The van der Waals surface area contributed by atoms with Gasteiger partial charge in [-0.3, -0.25) is 14.2 Å². The minimum atomic E-state index is -0.733. The second-order valence-electron chi connectivity index (χ2n) is 6.46. The number of halogens is 2. The maximum Gasteiger partial charge on any atom is 0.271 e. The number of carbonyl (C=O) groups is 1. The molecule has 0 aliphatic heterocycles. The minimum absolute atomic E-state index is 0.0584. The van der Waals surface area contributed by atoms with Crippen molar-refractivity contribution in [2.45, 2.75) is 13.5 Å². The molecule has 0 spiro atoms. The molecule has 0 amide bonds. The van der Waals surface area contributed by atoms with Gasteiger partial charge in [-0.05, 0) is 48.4 Å². The van der Waals surface area contributed by atoms with Crippen LogP contribution in [0.15, 0.2) is 53.3 Å². The first-order valence-electron chi connectivity index (χ1n) is 8.85. The number of ether oxygens (including phenoxy) is 1. The molecule has 0 fully saturated rings. The van der Waals surface area contributed by atoms with Crippen LogP contribution in [0.2, 0.25) is 5.02 Å². The van der Waals surface area contributed by atoms with Gasteiger partial charge in [0.1, 0.15) is 23.2 Å². The SMILES string of the molecule is Cc1c(C(=O)COc2ccc(F)cc2)c(O)n(Cc2ccccc2Cl)c(=O)c1C#N. The normalized spacial score (nSPS) is 10.5. The average molecular weight is 427 g/mol. The second kappa shape index (κ2) is 8.80. The Bertz CT molecular complexity index is 1210. The zero-order valence-electron chi connectivity index (χ0n) is 15.9. The lowest BCUT2D eigenvalue weighted by Gasteiger charge is -2.16. The van der Waals surface area contributed by atoms with Gasteiger partial charge in [0.2, 0.25) is 11.7 Å². The summed E-state index contributed by atoms with van der Waals surface area (Å²) in [5, 5.41) is 20.5. The lowest BCUT2D eigenvalue weighted by atomic mass is 10.0. The molecule has 0 aliphatic carbocycles. The first kappa shape index (κ1) is 21.1. The van der Waals surface area contributed by atoms with Crippen LogP contribution in [0.4, 0.5) is 4.39 Å². The van der Waals surface area contributed by atoms with Crippen LogP contribution in [0.5, 0.6) is 11.6 Å². The molecular weight excluding hydrogens is 411 g/mol. The lowest BCUT2D eigenvalue weighted by Crippen LogP contribution is -2.28. The zero-order chi connectivity index (χ0) is 21.8. The molecule has 3 aromatic rings. The third-order valence-electron chi connectivity index (χ3n) is 4.55. The highest BCUT2D eigenvalue weighted by molar-refractivity contribution is 6.31. The molecule has 0 saturated carbocycles. The van der Waals surface area contributed by atoms with E-state index in [9.17, 15) is 24.3 Å². The van der Waals surface area contributed by atoms with E-state index in [4.69, 9.17) is 16.3 Å². The number of rotatable bonds is 6. The summed E-state index contributed by atoms with van der Waals surface area (Å²) in [5.41, 5.74) is -0.595. The van der Waals surface area contributed by atoms with E-state index in [1.165, 1.54) is 31.2 Å². The van der Waals surface area contributed by atoms with E-state index < -0.39 is 29.6 Å². The number of benzene rings is 2. The topological polar surface area (TPSA) is 92.3 Å². The van der Waals surface area contributed by atoms with E-state index in [2.05, 4.69) is 0 Å². The Hall–Kier alpha value is -3.63. The van der Waals surface area contributed by atoms with Crippen molar-refractivity contribution in [1.29, 1.82) is 5.26 Å². The van der Waals surface area contributed by atoms with Crippen molar-refractivity contribution in [2.75, 3.05) is 6.61 Å². The largest absolute Gasteiger partial charge is 0.494 e. The Morgan fingerprint density at radius 1 is 1.23 bits per heavy atom. The van der Waals surface area contributed by atoms with Crippen LogP contribution in [0.3, 0.4) is 0 Å². The number of Topliss-reactive ketones (excluding diaryl/α,β-unsaturated/α-hetero) is 1. The van der Waals surface area contributed by atoms with Crippen molar-refractivity contribution in [3.05, 3.63) is 92.0 Å². The Balaban J connectivity index is 2.00. The average Bonchev–Trinajstić information content (AvgIpc) is 2.72. The van der Waals surface area contributed by atoms with Crippen LogP contribution in [0, 0.1) is 24.1 Å². The first-order valence-corrected chi connectivity index (χ1v) is 9.22. The molecule has 0 atom stereocenters. The van der Waals surface area contributed by atoms with E-state index in [0.717, 1.165) is 4.57 Å². The molecule has 0 saturated heterocycles. The summed E-state index contributed by atoms with van der Waals surface area (Å²) in [5.74, 6) is -1.41. The minimum Gasteiger partial charge on any atom is -0.494 e. The summed E-state index contributed by atoms with van der Waals surface area (Å²) in [4.78, 5) is 25.5. The number of hydrogen-bond donors (Lipinski definition) is 1. The van der Waals surface area contributed by atoms with E-state index in [1.807, 2.05) is 0 Å². The van der Waals surface area contributed by atoms with Gasteiger partial charge in [0.25, 0.3) is 5.56 Å². The van der Waals surface area contributed by atoms with Crippen LogP contribution in [0.25, 0.3) is 0 Å². The smallest absolute Gasteiger partial charge is 0.271 e. The highest BCUT2D eigenvalue weighted by Gasteiger charge is 2.24.